The van der Waals surface area contributed by atoms with Crippen molar-refractivity contribution in [2.45, 2.75) is 25.8 Å². The highest BCUT2D eigenvalue weighted by atomic mass is 35.5. The van der Waals surface area contributed by atoms with Gasteiger partial charge in [0.15, 0.2) is 0 Å². The summed E-state index contributed by atoms with van der Waals surface area (Å²) in [5.41, 5.74) is 1.75. The average molecular weight is 309 g/mol. The van der Waals surface area contributed by atoms with Gasteiger partial charge in [-0.1, -0.05) is 17.7 Å². The maximum atomic E-state index is 6.33. The van der Waals surface area contributed by atoms with Crippen molar-refractivity contribution in [3.05, 3.63) is 52.7 Å². The Morgan fingerprint density at radius 1 is 1.30 bits per heavy atom. The Labute approximate surface area is 127 Å². The second-order valence-electron chi connectivity index (χ2n) is 4.76. The molecule has 0 saturated heterocycles. The quantitative estimate of drug-likeness (QED) is 0.642. The first-order valence-corrected chi connectivity index (χ1v) is 7.30. The van der Waals surface area contributed by atoms with E-state index in [0.717, 1.165) is 28.4 Å². The van der Waals surface area contributed by atoms with Crippen molar-refractivity contribution in [3.63, 3.8) is 0 Å². The first-order chi connectivity index (χ1) is 9.61. The summed E-state index contributed by atoms with van der Waals surface area (Å²) in [6, 6.07) is 9.60. The van der Waals surface area contributed by atoms with Crippen molar-refractivity contribution in [2.24, 2.45) is 0 Å². The number of imidazole rings is 1. The molecule has 2 aromatic heterocycles. The van der Waals surface area contributed by atoms with Crippen molar-refractivity contribution in [2.75, 3.05) is 0 Å². The Morgan fingerprint density at radius 3 is 2.75 bits per heavy atom. The standard InChI is InChI=1S/C15H14Cl2N2O/c1-9-6-7-13(20-9)10(2)19-14(8-16)18-12-5-3-4-11(17)15(12)19/h3-7,10H,8H2,1-2H3. The van der Waals surface area contributed by atoms with Crippen LogP contribution in [0.15, 0.2) is 34.7 Å². The SMILES string of the molecule is Cc1ccc(C(C)n2c(CCl)nc3cccc(Cl)c32)o1. The van der Waals surface area contributed by atoms with E-state index < -0.39 is 0 Å². The fourth-order valence-electron chi connectivity index (χ4n) is 2.47. The van der Waals surface area contributed by atoms with E-state index in [1.165, 1.54) is 0 Å². The minimum absolute atomic E-state index is 0.0117. The van der Waals surface area contributed by atoms with Crippen LogP contribution in [0.1, 0.15) is 30.3 Å². The van der Waals surface area contributed by atoms with Gasteiger partial charge in [0, 0.05) is 0 Å². The molecule has 1 unspecified atom stereocenters. The number of hydrogen-bond donors (Lipinski definition) is 0. The van der Waals surface area contributed by atoms with Crippen LogP contribution in [0.2, 0.25) is 5.02 Å². The number of alkyl halides is 1. The summed E-state index contributed by atoms with van der Waals surface area (Å²) in [4.78, 5) is 4.55. The summed E-state index contributed by atoms with van der Waals surface area (Å²) in [6.07, 6.45) is 0. The molecule has 0 radical (unpaired) electrons. The molecule has 3 rings (SSSR count). The number of aromatic nitrogens is 2. The van der Waals surface area contributed by atoms with Gasteiger partial charge in [-0.15, -0.1) is 11.6 Å². The molecule has 3 nitrogen and oxygen atoms in total. The van der Waals surface area contributed by atoms with Gasteiger partial charge in [0.25, 0.3) is 0 Å². The zero-order chi connectivity index (χ0) is 14.3. The average Bonchev–Trinajstić information content (AvgIpc) is 3.02. The predicted molar refractivity (Wildman–Crippen MR) is 81.6 cm³/mol. The van der Waals surface area contributed by atoms with Crippen molar-refractivity contribution < 1.29 is 4.42 Å². The number of hydrogen-bond acceptors (Lipinski definition) is 2. The maximum Gasteiger partial charge on any atom is 0.126 e. The third kappa shape index (κ3) is 2.11. The second kappa shape index (κ2) is 5.15. The van der Waals surface area contributed by atoms with Crippen LogP contribution in [0.5, 0.6) is 0 Å². The molecule has 104 valence electrons. The molecule has 0 aliphatic heterocycles. The molecule has 5 heteroatoms. The second-order valence-corrected chi connectivity index (χ2v) is 5.44. The lowest BCUT2D eigenvalue weighted by molar-refractivity contribution is 0.429. The molecule has 2 heterocycles. The number of nitrogens with zero attached hydrogens (tertiary/aromatic N) is 2. The first-order valence-electron chi connectivity index (χ1n) is 6.39. The van der Waals surface area contributed by atoms with Crippen LogP contribution in [-0.4, -0.2) is 9.55 Å². The topological polar surface area (TPSA) is 31.0 Å². The fourth-order valence-corrected chi connectivity index (χ4v) is 2.92. The van der Waals surface area contributed by atoms with E-state index in [2.05, 4.69) is 11.9 Å². The minimum atomic E-state index is -0.0117. The highest BCUT2D eigenvalue weighted by Crippen LogP contribution is 2.31. The van der Waals surface area contributed by atoms with Crippen LogP contribution in [0.4, 0.5) is 0 Å². The Bertz CT molecular complexity index is 760. The predicted octanol–water partition coefficient (Wildman–Crippen LogP) is 4.94. The molecule has 0 fully saturated rings. The molecule has 3 aromatic rings. The molecule has 1 atom stereocenters. The summed E-state index contributed by atoms with van der Waals surface area (Å²) in [5, 5.41) is 0.668. The van der Waals surface area contributed by atoms with Gasteiger partial charge in [0.05, 0.1) is 28.0 Å². The fraction of sp³-hybridized carbons (Fsp3) is 0.267. The van der Waals surface area contributed by atoms with E-state index in [9.17, 15) is 0 Å². The molecule has 0 N–H and O–H groups in total. The first kappa shape index (κ1) is 13.5. The molecule has 0 bridgehead atoms. The normalized spacial score (nSPS) is 13.0. The lowest BCUT2D eigenvalue weighted by Gasteiger charge is -2.15. The Hall–Kier alpha value is -1.45. The van der Waals surface area contributed by atoms with E-state index in [1.54, 1.807) is 0 Å². The van der Waals surface area contributed by atoms with Gasteiger partial charge in [-0.2, -0.15) is 0 Å². The minimum Gasteiger partial charge on any atom is -0.464 e. The van der Waals surface area contributed by atoms with Crippen molar-refractivity contribution in [3.8, 4) is 0 Å². The van der Waals surface area contributed by atoms with Crippen LogP contribution in [0.25, 0.3) is 11.0 Å². The summed E-state index contributed by atoms with van der Waals surface area (Å²) >= 11 is 12.4. The van der Waals surface area contributed by atoms with Crippen molar-refractivity contribution in [1.82, 2.24) is 9.55 Å². The molecule has 0 amide bonds. The molecule has 0 aliphatic rings. The summed E-state index contributed by atoms with van der Waals surface area (Å²) < 4.78 is 7.77. The number of benzene rings is 1. The van der Waals surface area contributed by atoms with Gasteiger partial charge in [-0.05, 0) is 38.1 Å². The number of fused-ring (bicyclic) bond motifs is 1. The Balaban J connectivity index is 2.23. The zero-order valence-corrected chi connectivity index (χ0v) is 12.7. The third-order valence-electron chi connectivity index (χ3n) is 3.41. The maximum absolute atomic E-state index is 6.33. The Kier molecular flexibility index (Phi) is 3.48. The number of para-hydroxylation sites is 1. The van der Waals surface area contributed by atoms with Crippen LogP contribution in [-0.2, 0) is 5.88 Å². The summed E-state index contributed by atoms with van der Waals surface area (Å²) in [7, 11) is 0. The van der Waals surface area contributed by atoms with Crippen LogP contribution < -0.4 is 0 Å². The molecule has 20 heavy (non-hydrogen) atoms. The van der Waals surface area contributed by atoms with E-state index >= 15 is 0 Å². The molecule has 0 saturated carbocycles. The van der Waals surface area contributed by atoms with E-state index in [1.807, 2.05) is 41.8 Å². The number of rotatable bonds is 3. The van der Waals surface area contributed by atoms with Gasteiger partial charge >= 0.3 is 0 Å². The largest absolute Gasteiger partial charge is 0.464 e. The zero-order valence-electron chi connectivity index (χ0n) is 11.2. The molecule has 0 spiro atoms. The van der Waals surface area contributed by atoms with Gasteiger partial charge in [0.1, 0.15) is 17.3 Å². The third-order valence-corrected chi connectivity index (χ3v) is 3.96. The summed E-state index contributed by atoms with van der Waals surface area (Å²) in [6.45, 7) is 3.98. The lowest BCUT2D eigenvalue weighted by Crippen LogP contribution is -2.09. The lowest BCUT2D eigenvalue weighted by atomic mass is 10.2. The monoisotopic (exact) mass is 308 g/mol. The molecule has 0 aliphatic carbocycles. The van der Waals surface area contributed by atoms with Crippen LogP contribution in [0.3, 0.4) is 0 Å². The molecular weight excluding hydrogens is 295 g/mol. The Morgan fingerprint density at radius 2 is 2.10 bits per heavy atom. The van der Waals surface area contributed by atoms with Gasteiger partial charge < -0.3 is 8.98 Å². The van der Waals surface area contributed by atoms with E-state index in [0.29, 0.717) is 10.9 Å². The number of furan rings is 1. The van der Waals surface area contributed by atoms with Crippen LogP contribution in [0, 0.1) is 6.92 Å². The summed E-state index contributed by atoms with van der Waals surface area (Å²) in [5.74, 6) is 2.87. The number of halogens is 2. The highest BCUT2D eigenvalue weighted by Gasteiger charge is 2.20. The smallest absolute Gasteiger partial charge is 0.126 e. The van der Waals surface area contributed by atoms with Crippen molar-refractivity contribution >= 4 is 34.2 Å². The van der Waals surface area contributed by atoms with Crippen molar-refractivity contribution in [1.29, 1.82) is 0 Å². The van der Waals surface area contributed by atoms with E-state index in [-0.39, 0.29) is 6.04 Å². The molecule has 1 aromatic carbocycles. The van der Waals surface area contributed by atoms with E-state index in [4.69, 9.17) is 27.6 Å². The van der Waals surface area contributed by atoms with Gasteiger partial charge in [-0.25, -0.2) is 4.98 Å². The highest BCUT2D eigenvalue weighted by molar-refractivity contribution is 6.35. The van der Waals surface area contributed by atoms with Crippen LogP contribution >= 0.6 is 23.2 Å². The van der Waals surface area contributed by atoms with Gasteiger partial charge in [0.2, 0.25) is 0 Å². The number of aryl methyl sites for hydroxylation is 1. The molecular formula is C15H14Cl2N2O. The van der Waals surface area contributed by atoms with Gasteiger partial charge in [-0.3, -0.25) is 0 Å².